The van der Waals surface area contributed by atoms with Crippen LogP contribution in [0.1, 0.15) is 21.9 Å². The van der Waals surface area contributed by atoms with Gasteiger partial charge in [0.1, 0.15) is 17.3 Å². The van der Waals surface area contributed by atoms with Gasteiger partial charge in [-0.05, 0) is 6.07 Å². The minimum absolute atomic E-state index is 0.0696. The van der Waals surface area contributed by atoms with Gasteiger partial charge in [-0.15, -0.1) is 0 Å². The lowest BCUT2D eigenvalue weighted by Gasteiger charge is -2.26. The molecule has 0 spiro atoms. The van der Waals surface area contributed by atoms with Crippen LogP contribution >= 0.6 is 11.6 Å². The highest BCUT2D eigenvalue weighted by atomic mass is 35.5. The second-order valence-electron chi connectivity index (χ2n) is 6.33. The zero-order valence-electron chi connectivity index (χ0n) is 14.3. The predicted molar refractivity (Wildman–Crippen MR) is 96.3 cm³/mol. The van der Waals surface area contributed by atoms with Crippen LogP contribution in [0.25, 0.3) is 11.3 Å². The van der Waals surface area contributed by atoms with Crippen molar-refractivity contribution in [1.82, 2.24) is 19.6 Å². The average molecular weight is 390 g/mol. The molecule has 1 aliphatic rings. The van der Waals surface area contributed by atoms with Crippen LogP contribution in [0.15, 0.2) is 22.9 Å². The molecule has 4 N–H and O–H groups in total. The van der Waals surface area contributed by atoms with Crippen molar-refractivity contribution < 1.29 is 19.5 Å². The number of aromatic nitrogens is 3. The molecular weight excluding hydrogens is 374 g/mol. The number of nitrogen functional groups attached to an aromatic ring is 1. The number of hydrogen-bond donors (Lipinski definition) is 3. The van der Waals surface area contributed by atoms with Crippen LogP contribution in [-0.4, -0.2) is 42.3 Å². The highest BCUT2D eigenvalue weighted by Gasteiger charge is 2.30. The number of carbonyl (C=O) groups is 1. The van der Waals surface area contributed by atoms with Gasteiger partial charge in [-0.2, -0.15) is 0 Å². The number of phenols is 2. The van der Waals surface area contributed by atoms with Crippen LogP contribution < -0.4 is 5.73 Å². The third kappa shape index (κ3) is 2.85. The Morgan fingerprint density at radius 1 is 1.33 bits per heavy atom. The number of carbonyl (C=O) groups excluding carboxylic acids is 1. The zero-order valence-corrected chi connectivity index (χ0v) is 15.1. The van der Waals surface area contributed by atoms with Crippen molar-refractivity contribution in [2.45, 2.75) is 13.0 Å². The van der Waals surface area contributed by atoms with E-state index in [4.69, 9.17) is 21.9 Å². The summed E-state index contributed by atoms with van der Waals surface area (Å²) in [6.07, 6.45) is 2.07. The molecule has 3 aromatic rings. The zero-order chi connectivity index (χ0) is 19.3. The maximum absolute atomic E-state index is 12.8. The van der Waals surface area contributed by atoms with Crippen LogP contribution in [0.4, 0.5) is 5.82 Å². The number of fused-ring (bicyclic) bond motifs is 1. The van der Waals surface area contributed by atoms with Gasteiger partial charge in [0.25, 0.3) is 5.91 Å². The van der Waals surface area contributed by atoms with Crippen molar-refractivity contribution in [2.75, 3.05) is 12.3 Å². The van der Waals surface area contributed by atoms with Crippen LogP contribution in [0, 0.1) is 0 Å². The number of hydrogen-bond acceptors (Lipinski definition) is 7. The van der Waals surface area contributed by atoms with Gasteiger partial charge < -0.3 is 29.9 Å². The summed E-state index contributed by atoms with van der Waals surface area (Å²) in [6, 6.07) is 2.53. The molecule has 1 aromatic carbocycles. The van der Waals surface area contributed by atoms with Crippen molar-refractivity contribution in [3.05, 3.63) is 40.4 Å². The monoisotopic (exact) mass is 389 g/mol. The lowest BCUT2D eigenvalue weighted by molar-refractivity contribution is 0.0718. The SMILES string of the molecule is Cn1cc(N)nc1C(=O)N1CCc2noc(-c3cc(Cl)c(O)cc3O)c2C1. The Kier molecular flexibility index (Phi) is 3.96. The van der Waals surface area contributed by atoms with Crippen molar-refractivity contribution in [3.63, 3.8) is 0 Å². The predicted octanol–water partition coefficient (Wildman–Crippen LogP) is 1.92. The first-order chi connectivity index (χ1) is 12.8. The molecule has 1 aliphatic heterocycles. The fourth-order valence-corrected chi connectivity index (χ4v) is 3.32. The number of aromatic hydroxyl groups is 2. The van der Waals surface area contributed by atoms with E-state index in [-0.39, 0.29) is 40.6 Å². The second-order valence-corrected chi connectivity index (χ2v) is 6.74. The second kappa shape index (κ2) is 6.20. The number of imidazole rings is 1. The largest absolute Gasteiger partial charge is 0.507 e. The summed E-state index contributed by atoms with van der Waals surface area (Å²) in [4.78, 5) is 18.5. The van der Waals surface area contributed by atoms with E-state index >= 15 is 0 Å². The molecule has 9 nitrogen and oxygen atoms in total. The fourth-order valence-electron chi connectivity index (χ4n) is 3.16. The van der Waals surface area contributed by atoms with E-state index in [1.165, 1.54) is 6.07 Å². The molecule has 27 heavy (non-hydrogen) atoms. The molecule has 1 amide bonds. The Bertz CT molecular complexity index is 1060. The van der Waals surface area contributed by atoms with Gasteiger partial charge >= 0.3 is 0 Å². The number of nitrogens with two attached hydrogens (primary N) is 1. The highest BCUT2D eigenvalue weighted by Crippen LogP contribution is 2.40. The summed E-state index contributed by atoms with van der Waals surface area (Å²) >= 11 is 5.95. The maximum atomic E-state index is 12.8. The smallest absolute Gasteiger partial charge is 0.290 e. The van der Waals surface area contributed by atoms with Crippen molar-refractivity contribution in [2.24, 2.45) is 7.05 Å². The number of aryl methyl sites for hydroxylation is 1. The Morgan fingerprint density at radius 2 is 2.11 bits per heavy atom. The summed E-state index contributed by atoms with van der Waals surface area (Å²) in [7, 11) is 1.70. The highest BCUT2D eigenvalue weighted by molar-refractivity contribution is 6.32. The Morgan fingerprint density at radius 3 is 2.81 bits per heavy atom. The molecule has 0 saturated heterocycles. The molecule has 0 saturated carbocycles. The normalized spacial score (nSPS) is 13.6. The Hall–Kier alpha value is -3.20. The number of amides is 1. The molecule has 10 heteroatoms. The molecule has 3 heterocycles. The van der Waals surface area contributed by atoms with Gasteiger partial charge in [0.15, 0.2) is 5.76 Å². The maximum Gasteiger partial charge on any atom is 0.290 e. The molecule has 4 rings (SSSR count). The first-order valence-electron chi connectivity index (χ1n) is 8.12. The number of phenolic OH excluding ortho intramolecular Hbond substituents is 2. The first kappa shape index (κ1) is 17.2. The summed E-state index contributed by atoms with van der Waals surface area (Å²) in [6.45, 7) is 0.685. The first-order valence-corrected chi connectivity index (χ1v) is 8.50. The van der Waals surface area contributed by atoms with Crippen LogP contribution in [0.3, 0.4) is 0 Å². The van der Waals surface area contributed by atoms with E-state index in [1.807, 2.05) is 0 Å². The molecule has 2 aromatic heterocycles. The molecule has 0 bridgehead atoms. The number of halogens is 1. The van der Waals surface area contributed by atoms with Gasteiger partial charge in [0, 0.05) is 37.8 Å². The van der Waals surface area contributed by atoms with Crippen LogP contribution in [0.5, 0.6) is 11.5 Å². The summed E-state index contributed by atoms with van der Waals surface area (Å²) < 4.78 is 6.99. The van der Waals surface area contributed by atoms with Crippen molar-refractivity contribution in [1.29, 1.82) is 0 Å². The minimum atomic E-state index is -0.264. The molecule has 0 aliphatic carbocycles. The van der Waals surface area contributed by atoms with Gasteiger partial charge in [-0.1, -0.05) is 16.8 Å². The third-order valence-corrected chi connectivity index (χ3v) is 4.82. The third-order valence-electron chi connectivity index (χ3n) is 4.52. The Balaban J connectivity index is 1.69. The summed E-state index contributed by atoms with van der Waals surface area (Å²) in [5.41, 5.74) is 7.34. The topological polar surface area (TPSA) is 131 Å². The molecule has 0 fully saturated rings. The lowest BCUT2D eigenvalue weighted by Crippen LogP contribution is -2.37. The van der Waals surface area contributed by atoms with Gasteiger partial charge in [0.2, 0.25) is 5.82 Å². The minimum Gasteiger partial charge on any atom is -0.507 e. The molecule has 0 atom stereocenters. The number of nitrogens with zero attached hydrogens (tertiary/aromatic N) is 4. The fraction of sp³-hybridized carbons (Fsp3) is 0.235. The average Bonchev–Trinajstić information content (AvgIpc) is 3.19. The number of benzene rings is 1. The number of rotatable bonds is 2. The van der Waals surface area contributed by atoms with Crippen molar-refractivity contribution >= 4 is 23.3 Å². The molecule has 0 unspecified atom stereocenters. The van der Waals surface area contributed by atoms with Gasteiger partial charge in [-0.25, -0.2) is 4.98 Å². The summed E-state index contributed by atoms with van der Waals surface area (Å²) in [5, 5.41) is 23.9. The lowest BCUT2D eigenvalue weighted by atomic mass is 10.0. The van der Waals surface area contributed by atoms with E-state index < -0.39 is 0 Å². The van der Waals surface area contributed by atoms with Gasteiger partial charge in [0.05, 0.1) is 22.8 Å². The quantitative estimate of drug-likeness (QED) is 0.610. The van der Waals surface area contributed by atoms with E-state index in [9.17, 15) is 15.0 Å². The van der Waals surface area contributed by atoms with E-state index in [0.717, 1.165) is 6.07 Å². The van der Waals surface area contributed by atoms with Crippen molar-refractivity contribution in [3.8, 4) is 22.8 Å². The Labute approximate surface area is 158 Å². The summed E-state index contributed by atoms with van der Waals surface area (Å²) in [5.74, 6) is 0.116. The standard InChI is InChI=1S/C17H16ClN5O4/c1-22-7-14(19)20-16(22)17(26)23-3-2-11-9(6-23)15(27-21-11)8-4-10(18)13(25)5-12(8)24/h4-5,7,24-25H,2-3,6,19H2,1H3. The number of anilines is 1. The van der Waals surface area contributed by atoms with E-state index in [2.05, 4.69) is 10.1 Å². The van der Waals surface area contributed by atoms with Crippen LogP contribution in [-0.2, 0) is 20.0 Å². The molecular formula is C17H16ClN5O4. The molecule has 0 radical (unpaired) electrons. The molecule has 140 valence electrons. The van der Waals surface area contributed by atoms with Crippen LogP contribution in [0.2, 0.25) is 5.02 Å². The van der Waals surface area contributed by atoms with E-state index in [0.29, 0.717) is 35.5 Å². The van der Waals surface area contributed by atoms with E-state index in [1.54, 1.807) is 22.7 Å². The van der Waals surface area contributed by atoms with Gasteiger partial charge in [-0.3, -0.25) is 4.79 Å².